The maximum absolute atomic E-state index is 3.98. The van der Waals surface area contributed by atoms with Crippen molar-refractivity contribution in [2.45, 2.75) is 34.6 Å². The fourth-order valence-corrected chi connectivity index (χ4v) is 4.92. The molecule has 12 aromatic rings. The molecule has 0 fully saturated rings. The molecule has 0 bridgehead atoms. The van der Waals surface area contributed by atoms with E-state index in [1.807, 2.05) is 194 Å². The number of nitrogens with zero attached hydrogens (tertiary/aromatic N) is 25. The lowest BCUT2D eigenvalue weighted by molar-refractivity contribution is 0.622. The molecule has 0 radical (unpaired) electrons. The molecular formula is C48H67N25S2. The summed E-state index contributed by atoms with van der Waals surface area (Å²) in [5.74, 6) is 0. The van der Waals surface area contributed by atoms with Crippen molar-refractivity contribution in [3.8, 4) is 0 Å². The van der Waals surface area contributed by atoms with E-state index >= 15 is 0 Å². The summed E-state index contributed by atoms with van der Waals surface area (Å²) < 4.78 is 18.3. The lowest BCUT2D eigenvalue weighted by Crippen LogP contribution is -1.91. The molecule has 0 aromatic carbocycles. The van der Waals surface area contributed by atoms with Crippen LogP contribution in [-0.2, 0) is 49.3 Å². The molecule has 0 aliphatic carbocycles. The van der Waals surface area contributed by atoms with Crippen LogP contribution in [0.2, 0.25) is 0 Å². The largest absolute Gasteiger partial charge is 0.357 e. The van der Waals surface area contributed by atoms with Crippen LogP contribution in [0.3, 0.4) is 0 Å². The van der Waals surface area contributed by atoms with Gasteiger partial charge in [0.25, 0.3) is 0 Å². The molecule has 0 saturated heterocycles. The molecule has 0 amide bonds. The first-order chi connectivity index (χ1) is 36.2. The first-order valence-corrected chi connectivity index (χ1v) is 24.0. The van der Waals surface area contributed by atoms with Gasteiger partial charge in [0.2, 0.25) is 0 Å². The van der Waals surface area contributed by atoms with Gasteiger partial charge in [0.1, 0.15) is 19.0 Å². The van der Waals surface area contributed by atoms with Crippen LogP contribution in [0.4, 0.5) is 0 Å². The molecule has 0 spiro atoms. The van der Waals surface area contributed by atoms with Crippen LogP contribution in [0.5, 0.6) is 0 Å². The van der Waals surface area contributed by atoms with Crippen LogP contribution in [0, 0.1) is 34.6 Å². The van der Waals surface area contributed by atoms with E-state index in [-0.39, 0.29) is 0 Å². The fraction of sp³-hybridized carbons (Fsp3) is 0.250. The van der Waals surface area contributed by atoms with Crippen LogP contribution in [0.1, 0.15) is 28.1 Å². The fourth-order valence-electron chi connectivity index (χ4n) is 3.86. The Hall–Kier alpha value is -9.24. The zero-order valence-corrected chi connectivity index (χ0v) is 46.0. The Labute approximate surface area is 446 Å². The second-order valence-corrected chi connectivity index (χ2v) is 15.9. The van der Waals surface area contributed by atoms with E-state index in [1.54, 1.807) is 90.4 Å². The minimum atomic E-state index is 1.07. The minimum absolute atomic E-state index is 1.07. The monoisotopic (exact) mass is 1060 g/mol. The van der Waals surface area contributed by atoms with Crippen LogP contribution >= 0.6 is 23.1 Å². The molecule has 0 unspecified atom stereocenters. The van der Waals surface area contributed by atoms with Crippen LogP contribution in [0.25, 0.3) is 0 Å². The van der Waals surface area contributed by atoms with Crippen LogP contribution in [0.15, 0.2) is 190 Å². The summed E-state index contributed by atoms with van der Waals surface area (Å²) in [6, 6.07) is 21.6. The van der Waals surface area contributed by atoms with Gasteiger partial charge in [-0.1, -0.05) is 17.3 Å². The maximum Gasteiger partial charge on any atom is 0.137 e. The van der Waals surface area contributed by atoms with E-state index in [0.717, 1.165) is 11.4 Å². The molecule has 12 rings (SSSR count). The van der Waals surface area contributed by atoms with E-state index < -0.39 is 0 Å². The summed E-state index contributed by atoms with van der Waals surface area (Å²) >= 11 is 2.98. The number of aryl methyl sites for hydroxylation is 12. The number of imidazole rings is 1. The lowest BCUT2D eigenvalue weighted by atomic mass is 10.3. The van der Waals surface area contributed by atoms with Gasteiger partial charge >= 0.3 is 0 Å². The molecule has 0 atom stereocenters. The van der Waals surface area contributed by atoms with E-state index in [9.17, 15) is 0 Å². The first-order valence-electron chi connectivity index (χ1n) is 22.3. The second kappa shape index (κ2) is 43.5. The summed E-state index contributed by atoms with van der Waals surface area (Å²) in [6.07, 6.45) is 31.9. The van der Waals surface area contributed by atoms with Gasteiger partial charge in [-0.3, -0.25) is 29.0 Å². The third-order valence-electron chi connectivity index (χ3n) is 7.53. The molecule has 12 aromatic heterocycles. The van der Waals surface area contributed by atoms with Crippen molar-refractivity contribution in [2.75, 3.05) is 0 Å². The predicted molar refractivity (Wildman–Crippen MR) is 290 cm³/mol. The van der Waals surface area contributed by atoms with E-state index in [0.29, 0.717) is 0 Å². The van der Waals surface area contributed by atoms with Crippen molar-refractivity contribution >= 4 is 23.1 Å². The number of hydrogen-bond acceptors (Lipinski definition) is 20. The molecule has 0 aliphatic rings. The van der Waals surface area contributed by atoms with E-state index in [2.05, 4.69) is 90.6 Å². The number of aromatic nitrogens is 25. The van der Waals surface area contributed by atoms with Gasteiger partial charge in [-0.2, -0.15) is 14.6 Å². The number of rotatable bonds is 0. The van der Waals surface area contributed by atoms with Crippen molar-refractivity contribution < 1.29 is 0 Å². The lowest BCUT2D eigenvalue weighted by Gasteiger charge is -1.82. The first kappa shape index (κ1) is 63.8. The summed E-state index contributed by atoms with van der Waals surface area (Å²) in [7, 11) is 12.9. The Morgan fingerprint density at radius 1 is 0.413 bits per heavy atom. The smallest absolute Gasteiger partial charge is 0.137 e. The quantitative estimate of drug-likeness (QED) is 0.159. The number of pyridine rings is 3. The van der Waals surface area contributed by atoms with E-state index in [4.69, 9.17) is 0 Å². The zero-order valence-electron chi connectivity index (χ0n) is 44.4. The molecule has 0 saturated carbocycles. The molecule has 25 nitrogen and oxygen atoms in total. The van der Waals surface area contributed by atoms with E-state index in [1.165, 1.54) is 61.9 Å². The average molecular weight is 1060 g/mol. The van der Waals surface area contributed by atoms with Crippen LogP contribution in [-0.4, -0.2) is 123 Å². The number of hydrogen-bond donors (Lipinski definition) is 0. The van der Waals surface area contributed by atoms with Gasteiger partial charge in [-0.25, -0.2) is 19.0 Å². The van der Waals surface area contributed by atoms with Crippen molar-refractivity contribution in [1.29, 1.82) is 0 Å². The molecule has 27 heteroatoms. The van der Waals surface area contributed by atoms with Gasteiger partial charge in [0.05, 0.1) is 25.3 Å². The molecule has 12 heterocycles. The van der Waals surface area contributed by atoms with Gasteiger partial charge in [-0.15, -0.1) is 15.0 Å². The Bertz CT molecular complexity index is 2300. The molecular weight excluding hydrogens is 991 g/mol. The minimum Gasteiger partial charge on any atom is -0.357 e. The predicted octanol–water partition coefficient (Wildman–Crippen LogP) is 6.38. The molecule has 0 N–H and O–H groups in total. The van der Waals surface area contributed by atoms with Crippen molar-refractivity contribution in [3.05, 3.63) is 218 Å². The Kier molecular flexibility index (Phi) is 37.0. The summed E-state index contributed by atoms with van der Waals surface area (Å²) in [5, 5.41) is 41.9. The SMILES string of the molecule is Cc1ccccn1.Cc1cccnc1.Cc1ccncc1.Cc1ccsn1.Cc1cnsc1.Cn1cccc1.Cn1cccn1.Cn1ccnc1.Cn1ccnn1.Cn1cncn1.Cn1cnnn1.Cn1nnnn1. The molecule has 0 aliphatic heterocycles. The Balaban J connectivity index is 0.000000409. The maximum atomic E-state index is 3.98. The second-order valence-electron chi connectivity index (χ2n) is 14.6. The molecule has 75 heavy (non-hydrogen) atoms. The third-order valence-corrected chi connectivity index (χ3v) is 8.88. The average Bonchev–Trinajstić information content (AvgIpc) is 4.24. The highest BCUT2D eigenvalue weighted by molar-refractivity contribution is 7.03. The molecule has 396 valence electrons. The Morgan fingerprint density at radius 2 is 1.17 bits per heavy atom. The highest BCUT2D eigenvalue weighted by Gasteiger charge is 1.79. The van der Waals surface area contributed by atoms with Gasteiger partial charge in [-0.05, 0) is 160 Å². The van der Waals surface area contributed by atoms with Crippen LogP contribution < -0.4 is 0 Å². The van der Waals surface area contributed by atoms with Crippen molar-refractivity contribution in [2.24, 2.45) is 49.3 Å². The summed E-state index contributed by atoms with van der Waals surface area (Å²) in [6.45, 7) is 10.1. The number of tetrazole rings is 1. The summed E-state index contributed by atoms with van der Waals surface area (Å²) in [5.41, 5.74) is 5.90. The normalized spacial score (nSPS) is 8.80. The highest BCUT2D eigenvalue weighted by atomic mass is 32.1. The third kappa shape index (κ3) is 42.2. The standard InChI is InChI=1S/3C6H7N.C5H7N.2C4H6N2.2C4H5NS.2C3H5N3.C2H4N4.CH3N5/c1-6-2-4-7-5-3-6;1-6-3-2-4-7-5-6;1-6-4-2-3-5-7-6;1-6-4-2-3-5-6;1-6-3-2-5-4-6;1-6-4-2-3-5-6;1-4-2-5-6-3-4;1-4-2-3-6-5-4;1-6-3-4-2-5-6;1-6-3-2-4-5-6;1-6-2-3-4-5-6;1-6-4-2-3-5-6/h3*2-5H,1H3;2-5H,1H3;2*2-4H,1H3;4*2-3H,1H3;2H,1H3;1H3. The van der Waals surface area contributed by atoms with Crippen molar-refractivity contribution in [3.63, 3.8) is 0 Å². The van der Waals surface area contributed by atoms with Gasteiger partial charge < -0.3 is 9.13 Å². The Morgan fingerprint density at radius 3 is 1.37 bits per heavy atom. The van der Waals surface area contributed by atoms with Crippen molar-refractivity contribution in [1.82, 2.24) is 123 Å². The summed E-state index contributed by atoms with van der Waals surface area (Å²) in [4.78, 5) is 20.4. The van der Waals surface area contributed by atoms with Gasteiger partial charge in [0.15, 0.2) is 0 Å². The highest BCUT2D eigenvalue weighted by Crippen LogP contribution is 1.96. The topological polar surface area (TPSA) is 267 Å². The zero-order chi connectivity index (χ0) is 55.0. The van der Waals surface area contributed by atoms with Gasteiger partial charge in [0, 0.05) is 139 Å².